The summed E-state index contributed by atoms with van der Waals surface area (Å²) in [6, 6.07) is 12.9. The fourth-order valence-electron chi connectivity index (χ4n) is 1.99. The van der Waals surface area contributed by atoms with E-state index in [1.807, 2.05) is 24.3 Å². The molecule has 0 spiro atoms. The molecule has 7 heteroatoms. The van der Waals surface area contributed by atoms with Crippen LogP contribution in [-0.4, -0.2) is 24.6 Å². The third-order valence-electron chi connectivity index (χ3n) is 3.17. The molecule has 0 unspecified atom stereocenters. The van der Waals surface area contributed by atoms with Gasteiger partial charge in [0.25, 0.3) is 5.69 Å². The number of benzene rings is 2. The molecule has 0 aliphatic heterocycles. The van der Waals surface area contributed by atoms with Crippen molar-refractivity contribution >= 4 is 17.4 Å². The van der Waals surface area contributed by atoms with Crippen LogP contribution >= 0.6 is 0 Å². The van der Waals surface area contributed by atoms with Crippen LogP contribution in [-0.2, 0) is 6.42 Å². The minimum atomic E-state index is -0.488. The maximum Gasteiger partial charge on any atom is 0.319 e. The highest BCUT2D eigenvalue weighted by molar-refractivity contribution is 5.89. The van der Waals surface area contributed by atoms with Gasteiger partial charge in [-0.1, -0.05) is 12.1 Å². The minimum absolute atomic E-state index is 0.0195. The Morgan fingerprint density at radius 1 is 1.22 bits per heavy atom. The number of nitro benzene ring substituents is 1. The van der Waals surface area contributed by atoms with Gasteiger partial charge in [-0.2, -0.15) is 0 Å². The summed E-state index contributed by atoms with van der Waals surface area (Å²) in [4.78, 5) is 21.8. The zero-order valence-electron chi connectivity index (χ0n) is 12.6. The van der Waals surface area contributed by atoms with Crippen LogP contribution < -0.4 is 15.4 Å². The molecule has 0 aliphatic rings. The number of carbonyl (C=O) groups excluding carboxylic acids is 1. The lowest BCUT2D eigenvalue weighted by atomic mass is 10.1. The smallest absolute Gasteiger partial charge is 0.319 e. The van der Waals surface area contributed by atoms with Crippen LogP contribution in [0.3, 0.4) is 0 Å². The number of nitrogens with one attached hydrogen (secondary N) is 2. The molecular formula is C16H17N3O4. The SMILES string of the molecule is COc1cccc(CCNC(=O)Nc2ccc([N+](=O)[O-])cc2)c1. The van der Waals surface area contributed by atoms with E-state index in [1.165, 1.54) is 24.3 Å². The van der Waals surface area contributed by atoms with Crippen molar-refractivity contribution in [3.63, 3.8) is 0 Å². The van der Waals surface area contributed by atoms with E-state index in [0.29, 0.717) is 18.7 Å². The number of methoxy groups -OCH3 is 1. The van der Waals surface area contributed by atoms with Crippen molar-refractivity contribution in [2.75, 3.05) is 19.0 Å². The van der Waals surface area contributed by atoms with Gasteiger partial charge in [-0.25, -0.2) is 4.79 Å². The van der Waals surface area contributed by atoms with Crippen molar-refractivity contribution in [1.29, 1.82) is 0 Å². The van der Waals surface area contributed by atoms with Gasteiger partial charge in [0.15, 0.2) is 0 Å². The summed E-state index contributed by atoms with van der Waals surface area (Å²) in [6.07, 6.45) is 0.672. The van der Waals surface area contributed by atoms with Crippen LogP contribution in [0.2, 0.25) is 0 Å². The zero-order valence-corrected chi connectivity index (χ0v) is 12.6. The van der Waals surface area contributed by atoms with E-state index < -0.39 is 4.92 Å². The van der Waals surface area contributed by atoms with Gasteiger partial charge in [-0.3, -0.25) is 10.1 Å². The molecule has 2 aromatic rings. The number of rotatable bonds is 6. The average molecular weight is 315 g/mol. The van der Waals surface area contributed by atoms with Gasteiger partial charge < -0.3 is 15.4 Å². The van der Waals surface area contributed by atoms with E-state index in [4.69, 9.17) is 4.74 Å². The lowest BCUT2D eigenvalue weighted by Gasteiger charge is -2.08. The van der Waals surface area contributed by atoms with Crippen LogP contribution in [0.1, 0.15) is 5.56 Å². The average Bonchev–Trinajstić information content (AvgIpc) is 2.55. The normalized spacial score (nSPS) is 9.96. The fraction of sp³-hybridized carbons (Fsp3) is 0.188. The van der Waals surface area contributed by atoms with Crippen molar-refractivity contribution in [3.05, 3.63) is 64.2 Å². The summed E-state index contributed by atoms with van der Waals surface area (Å²) in [6.45, 7) is 0.464. The predicted molar refractivity (Wildman–Crippen MR) is 86.8 cm³/mol. The standard InChI is InChI=1S/C16H17N3O4/c1-23-15-4-2-3-12(11-15)9-10-17-16(20)18-13-5-7-14(8-6-13)19(21)22/h2-8,11H,9-10H2,1H3,(H2,17,18,20). The first-order valence-electron chi connectivity index (χ1n) is 7.01. The van der Waals surface area contributed by atoms with Gasteiger partial charge in [0.05, 0.1) is 12.0 Å². The van der Waals surface area contributed by atoms with E-state index >= 15 is 0 Å². The third-order valence-corrected chi connectivity index (χ3v) is 3.17. The maximum atomic E-state index is 11.8. The second kappa shape index (κ2) is 7.79. The third kappa shape index (κ3) is 4.99. The molecule has 2 rings (SSSR count). The zero-order chi connectivity index (χ0) is 16.7. The second-order valence-corrected chi connectivity index (χ2v) is 4.79. The molecule has 120 valence electrons. The van der Waals surface area contributed by atoms with Crippen LogP contribution in [0.15, 0.2) is 48.5 Å². The van der Waals surface area contributed by atoms with E-state index in [0.717, 1.165) is 11.3 Å². The molecule has 2 aromatic carbocycles. The van der Waals surface area contributed by atoms with Crippen LogP contribution in [0.4, 0.5) is 16.2 Å². The highest BCUT2D eigenvalue weighted by Crippen LogP contribution is 2.15. The predicted octanol–water partition coefficient (Wildman–Crippen LogP) is 2.97. The molecule has 0 saturated heterocycles. The second-order valence-electron chi connectivity index (χ2n) is 4.79. The van der Waals surface area contributed by atoms with E-state index in [1.54, 1.807) is 7.11 Å². The van der Waals surface area contributed by atoms with Gasteiger partial charge in [0.2, 0.25) is 0 Å². The number of nitrogens with zero attached hydrogens (tertiary/aromatic N) is 1. The molecule has 0 aromatic heterocycles. The van der Waals surface area contributed by atoms with Gasteiger partial charge in [-0.15, -0.1) is 0 Å². The molecule has 2 N–H and O–H groups in total. The Morgan fingerprint density at radius 2 is 1.96 bits per heavy atom. The largest absolute Gasteiger partial charge is 0.497 e. The summed E-state index contributed by atoms with van der Waals surface area (Å²) < 4.78 is 5.14. The highest BCUT2D eigenvalue weighted by atomic mass is 16.6. The highest BCUT2D eigenvalue weighted by Gasteiger charge is 2.06. The lowest BCUT2D eigenvalue weighted by molar-refractivity contribution is -0.384. The van der Waals surface area contributed by atoms with Crippen LogP contribution in [0.25, 0.3) is 0 Å². The first-order chi connectivity index (χ1) is 11.1. The van der Waals surface area contributed by atoms with E-state index in [2.05, 4.69) is 10.6 Å². The molecule has 2 amide bonds. The lowest BCUT2D eigenvalue weighted by Crippen LogP contribution is -2.30. The van der Waals surface area contributed by atoms with E-state index in [-0.39, 0.29) is 11.7 Å². The molecule has 23 heavy (non-hydrogen) atoms. The number of hydrogen-bond acceptors (Lipinski definition) is 4. The molecule has 0 atom stereocenters. The monoisotopic (exact) mass is 315 g/mol. The molecule has 0 heterocycles. The van der Waals surface area contributed by atoms with Gasteiger partial charge >= 0.3 is 6.03 Å². The molecule has 0 fully saturated rings. The molecular weight excluding hydrogens is 298 g/mol. The van der Waals surface area contributed by atoms with Crippen molar-refractivity contribution in [2.24, 2.45) is 0 Å². The quantitative estimate of drug-likeness (QED) is 0.633. The Hall–Kier alpha value is -3.09. The van der Waals surface area contributed by atoms with Gasteiger partial charge in [0.1, 0.15) is 5.75 Å². The molecule has 0 saturated carbocycles. The molecule has 0 radical (unpaired) electrons. The number of nitro groups is 1. The van der Waals surface area contributed by atoms with Crippen LogP contribution in [0.5, 0.6) is 5.75 Å². The molecule has 0 bridgehead atoms. The Bertz CT molecular complexity index is 686. The Labute approximate surface area is 133 Å². The number of anilines is 1. The maximum absolute atomic E-state index is 11.8. The fourth-order valence-corrected chi connectivity index (χ4v) is 1.99. The summed E-state index contributed by atoms with van der Waals surface area (Å²) in [7, 11) is 1.61. The Balaban J connectivity index is 1.79. The number of hydrogen-bond donors (Lipinski definition) is 2. The van der Waals surface area contributed by atoms with E-state index in [9.17, 15) is 14.9 Å². The van der Waals surface area contributed by atoms with Crippen molar-refractivity contribution in [1.82, 2.24) is 5.32 Å². The Morgan fingerprint density at radius 3 is 2.61 bits per heavy atom. The van der Waals surface area contributed by atoms with Crippen molar-refractivity contribution < 1.29 is 14.5 Å². The molecule has 0 aliphatic carbocycles. The minimum Gasteiger partial charge on any atom is -0.497 e. The van der Waals surface area contributed by atoms with Gasteiger partial charge in [-0.05, 0) is 36.2 Å². The first kappa shape index (κ1) is 16.3. The topological polar surface area (TPSA) is 93.5 Å². The Kier molecular flexibility index (Phi) is 5.51. The number of amides is 2. The number of non-ortho nitro benzene ring substituents is 1. The van der Waals surface area contributed by atoms with Crippen molar-refractivity contribution in [3.8, 4) is 5.75 Å². The van der Waals surface area contributed by atoms with Crippen molar-refractivity contribution in [2.45, 2.75) is 6.42 Å². The molecule has 7 nitrogen and oxygen atoms in total. The summed E-state index contributed by atoms with van der Waals surface area (Å²) in [5.41, 5.74) is 1.53. The first-order valence-corrected chi connectivity index (χ1v) is 7.01. The van der Waals surface area contributed by atoms with Crippen LogP contribution in [0, 0.1) is 10.1 Å². The summed E-state index contributed by atoms with van der Waals surface area (Å²) in [5.74, 6) is 0.776. The van der Waals surface area contributed by atoms with Gasteiger partial charge in [0, 0.05) is 24.4 Å². The summed E-state index contributed by atoms with van der Waals surface area (Å²) >= 11 is 0. The number of carbonyl (C=O) groups is 1. The number of urea groups is 1. The number of ether oxygens (including phenoxy) is 1. The summed E-state index contributed by atoms with van der Waals surface area (Å²) in [5, 5.41) is 15.9.